The van der Waals surface area contributed by atoms with E-state index in [-0.39, 0.29) is 0 Å². The van der Waals surface area contributed by atoms with E-state index in [1.165, 1.54) is 10.4 Å². The average molecular weight is 384 g/mol. The van der Waals surface area contributed by atoms with Crippen LogP contribution in [0.2, 0.25) is 0 Å². The molecular formula is C20H25N5OS. The molecule has 2 aromatic heterocycles. The lowest BCUT2D eigenvalue weighted by Gasteiger charge is -2.09. The van der Waals surface area contributed by atoms with Crippen molar-refractivity contribution in [1.82, 2.24) is 20.6 Å². The van der Waals surface area contributed by atoms with Crippen molar-refractivity contribution in [2.45, 2.75) is 33.2 Å². The predicted molar refractivity (Wildman–Crippen MR) is 110 cm³/mol. The summed E-state index contributed by atoms with van der Waals surface area (Å²) in [6.07, 6.45) is 5.56. The summed E-state index contributed by atoms with van der Waals surface area (Å²) in [5.41, 5.74) is 3.02. The molecule has 0 unspecified atom stereocenters. The van der Waals surface area contributed by atoms with Gasteiger partial charge in [-0.2, -0.15) is 0 Å². The first-order valence-electron chi connectivity index (χ1n) is 9.07. The Morgan fingerprint density at radius 3 is 2.74 bits per heavy atom. The van der Waals surface area contributed by atoms with Gasteiger partial charge in [0.2, 0.25) is 5.89 Å². The SMILES string of the molecule is CCc1cnc(CCNC(=NC)NCc2coc(-c3ccc(C)cc3)n2)s1. The molecule has 3 rings (SSSR count). The van der Waals surface area contributed by atoms with Crippen molar-refractivity contribution in [2.75, 3.05) is 13.6 Å². The highest BCUT2D eigenvalue weighted by Gasteiger charge is 2.07. The average Bonchev–Trinajstić information content (AvgIpc) is 3.34. The van der Waals surface area contributed by atoms with Crippen molar-refractivity contribution < 1.29 is 4.42 Å². The summed E-state index contributed by atoms with van der Waals surface area (Å²) >= 11 is 1.77. The quantitative estimate of drug-likeness (QED) is 0.482. The van der Waals surface area contributed by atoms with Crippen molar-refractivity contribution in [3.05, 3.63) is 57.9 Å². The first-order valence-corrected chi connectivity index (χ1v) is 9.89. The van der Waals surface area contributed by atoms with E-state index >= 15 is 0 Å². The highest BCUT2D eigenvalue weighted by atomic mass is 32.1. The van der Waals surface area contributed by atoms with Crippen LogP contribution in [0, 0.1) is 6.92 Å². The molecule has 6 nitrogen and oxygen atoms in total. The van der Waals surface area contributed by atoms with Gasteiger partial charge in [-0.15, -0.1) is 11.3 Å². The Morgan fingerprint density at radius 2 is 2.04 bits per heavy atom. The fourth-order valence-electron chi connectivity index (χ4n) is 2.53. The van der Waals surface area contributed by atoms with Gasteiger partial charge in [-0.1, -0.05) is 24.6 Å². The van der Waals surface area contributed by atoms with Crippen LogP contribution in [0.5, 0.6) is 0 Å². The van der Waals surface area contributed by atoms with Crippen molar-refractivity contribution in [2.24, 2.45) is 4.99 Å². The third kappa shape index (κ3) is 5.40. The summed E-state index contributed by atoms with van der Waals surface area (Å²) in [6, 6.07) is 8.13. The van der Waals surface area contributed by atoms with Crippen molar-refractivity contribution >= 4 is 17.3 Å². The van der Waals surface area contributed by atoms with Crippen molar-refractivity contribution in [3.8, 4) is 11.5 Å². The van der Waals surface area contributed by atoms with Gasteiger partial charge in [0.1, 0.15) is 6.26 Å². The van der Waals surface area contributed by atoms with E-state index in [9.17, 15) is 0 Å². The zero-order valence-corrected chi connectivity index (χ0v) is 16.8. The molecule has 0 saturated carbocycles. The molecule has 2 N–H and O–H groups in total. The number of oxazole rings is 1. The highest BCUT2D eigenvalue weighted by Crippen LogP contribution is 2.19. The molecule has 0 aliphatic carbocycles. The first-order chi connectivity index (χ1) is 13.2. The number of hydrogen-bond acceptors (Lipinski definition) is 5. The molecule has 0 aliphatic rings. The molecule has 0 saturated heterocycles. The third-order valence-corrected chi connectivity index (χ3v) is 5.29. The summed E-state index contributed by atoms with van der Waals surface area (Å²) in [4.78, 5) is 14.5. The fourth-order valence-corrected chi connectivity index (χ4v) is 3.39. The zero-order chi connectivity index (χ0) is 19.1. The third-order valence-electron chi connectivity index (χ3n) is 4.09. The van der Waals surface area contributed by atoms with Gasteiger partial charge in [-0.05, 0) is 25.5 Å². The normalized spacial score (nSPS) is 11.6. The topological polar surface area (TPSA) is 75.3 Å². The van der Waals surface area contributed by atoms with E-state index in [0.717, 1.165) is 41.6 Å². The predicted octanol–water partition coefficient (Wildman–Crippen LogP) is 3.58. The number of aliphatic imine (C=N–C) groups is 1. The summed E-state index contributed by atoms with van der Waals surface area (Å²) < 4.78 is 5.59. The van der Waals surface area contributed by atoms with Crippen LogP contribution < -0.4 is 10.6 Å². The van der Waals surface area contributed by atoms with Gasteiger partial charge in [-0.25, -0.2) is 9.97 Å². The van der Waals surface area contributed by atoms with E-state index < -0.39 is 0 Å². The first kappa shape index (κ1) is 19.1. The van der Waals surface area contributed by atoms with Crippen LogP contribution in [0.15, 0.2) is 46.1 Å². The molecule has 7 heteroatoms. The minimum atomic E-state index is 0.548. The van der Waals surface area contributed by atoms with Crippen LogP contribution >= 0.6 is 11.3 Å². The molecule has 0 atom stereocenters. The van der Waals surface area contributed by atoms with E-state index in [0.29, 0.717) is 12.4 Å². The minimum absolute atomic E-state index is 0.548. The fraction of sp³-hybridized carbons (Fsp3) is 0.350. The number of nitrogens with zero attached hydrogens (tertiary/aromatic N) is 3. The summed E-state index contributed by atoms with van der Waals surface area (Å²) in [5, 5.41) is 7.72. The van der Waals surface area contributed by atoms with E-state index in [1.807, 2.05) is 18.3 Å². The number of guanidine groups is 1. The molecule has 0 spiro atoms. The summed E-state index contributed by atoms with van der Waals surface area (Å²) in [5.74, 6) is 1.37. The Labute approximate surface area is 163 Å². The Morgan fingerprint density at radius 1 is 1.22 bits per heavy atom. The molecule has 0 amide bonds. The lowest BCUT2D eigenvalue weighted by Crippen LogP contribution is -2.37. The highest BCUT2D eigenvalue weighted by molar-refractivity contribution is 7.11. The number of benzene rings is 1. The number of thiazole rings is 1. The lowest BCUT2D eigenvalue weighted by molar-refractivity contribution is 0.572. The van der Waals surface area contributed by atoms with Crippen LogP contribution in [-0.4, -0.2) is 29.5 Å². The van der Waals surface area contributed by atoms with Crippen LogP contribution in [-0.2, 0) is 19.4 Å². The van der Waals surface area contributed by atoms with Gasteiger partial charge >= 0.3 is 0 Å². The smallest absolute Gasteiger partial charge is 0.226 e. The van der Waals surface area contributed by atoms with Crippen LogP contribution in [0.3, 0.4) is 0 Å². The van der Waals surface area contributed by atoms with Gasteiger partial charge < -0.3 is 15.1 Å². The van der Waals surface area contributed by atoms with E-state index in [4.69, 9.17) is 4.42 Å². The Kier molecular flexibility index (Phi) is 6.59. The lowest BCUT2D eigenvalue weighted by atomic mass is 10.1. The molecule has 27 heavy (non-hydrogen) atoms. The molecule has 0 fully saturated rings. The number of aryl methyl sites for hydroxylation is 2. The number of nitrogens with one attached hydrogen (secondary N) is 2. The monoisotopic (exact) mass is 383 g/mol. The second-order valence-corrected chi connectivity index (χ2v) is 7.39. The Balaban J connectivity index is 1.47. The van der Waals surface area contributed by atoms with Gasteiger partial charge in [0, 0.05) is 36.7 Å². The summed E-state index contributed by atoms with van der Waals surface area (Å²) in [7, 11) is 1.76. The molecule has 1 aromatic carbocycles. The molecule has 0 aliphatic heterocycles. The van der Waals surface area contributed by atoms with Crippen LogP contribution in [0.4, 0.5) is 0 Å². The second kappa shape index (κ2) is 9.32. The number of hydrogen-bond donors (Lipinski definition) is 2. The van der Waals surface area contributed by atoms with Gasteiger partial charge in [0.15, 0.2) is 5.96 Å². The molecule has 142 valence electrons. The van der Waals surface area contributed by atoms with Crippen LogP contribution in [0.25, 0.3) is 11.5 Å². The largest absolute Gasteiger partial charge is 0.444 e. The van der Waals surface area contributed by atoms with Crippen molar-refractivity contribution in [1.29, 1.82) is 0 Å². The molecule has 3 aromatic rings. The molecule has 2 heterocycles. The van der Waals surface area contributed by atoms with Crippen LogP contribution in [0.1, 0.15) is 28.1 Å². The maximum absolute atomic E-state index is 5.59. The number of rotatable bonds is 7. The minimum Gasteiger partial charge on any atom is -0.444 e. The van der Waals surface area contributed by atoms with Gasteiger partial charge in [-0.3, -0.25) is 4.99 Å². The standard InChI is InChI=1S/C20H25N5OS/c1-4-17-12-23-18(27-17)9-10-22-20(21-3)24-11-16-13-26-19(25-16)15-7-5-14(2)6-8-15/h5-8,12-13H,4,9-11H2,1-3H3,(H2,21,22,24). The second-order valence-electron chi connectivity index (χ2n) is 6.19. The summed E-state index contributed by atoms with van der Waals surface area (Å²) in [6.45, 7) is 5.54. The Bertz CT molecular complexity index is 882. The molecule has 0 bridgehead atoms. The molecular weight excluding hydrogens is 358 g/mol. The number of aromatic nitrogens is 2. The maximum Gasteiger partial charge on any atom is 0.226 e. The van der Waals surface area contributed by atoms with E-state index in [1.54, 1.807) is 24.6 Å². The van der Waals surface area contributed by atoms with E-state index in [2.05, 4.69) is 51.6 Å². The van der Waals surface area contributed by atoms with Crippen molar-refractivity contribution in [3.63, 3.8) is 0 Å². The van der Waals surface area contributed by atoms with Gasteiger partial charge in [0.05, 0.1) is 17.2 Å². The Hall–Kier alpha value is -2.67. The maximum atomic E-state index is 5.59. The zero-order valence-electron chi connectivity index (χ0n) is 16.0. The van der Waals surface area contributed by atoms with Gasteiger partial charge in [0.25, 0.3) is 0 Å². The molecule has 0 radical (unpaired) electrons.